The molecule has 2 unspecified atom stereocenters. The number of nitrogens with one attached hydrogen (secondary N) is 4. The zero-order chi connectivity index (χ0) is 32.8. The minimum Gasteiger partial charge on any atom is -0.322 e. The van der Waals surface area contributed by atoms with E-state index in [1.807, 2.05) is 48.5 Å². The summed E-state index contributed by atoms with van der Waals surface area (Å²) < 4.78 is 0. The molecule has 0 spiro atoms. The molecule has 4 N–H and O–H groups in total. The number of aromatic nitrogens is 1. The fourth-order valence-electron chi connectivity index (χ4n) is 6.08. The second kappa shape index (κ2) is 17.8. The third kappa shape index (κ3) is 10.7. The van der Waals surface area contributed by atoms with E-state index in [0.717, 1.165) is 62.7 Å². The van der Waals surface area contributed by atoms with E-state index in [1.54, 1.807) is 12.1 Å². The molecule has 6 rings (SSSR count). The van der Waals surface area contributed by atoms with Gasteiger partial charge in [-0.25, -0.2) is 4.98 Å². The lowest BCUT2D eigenvalue weighted by atomic mass is 9.91. The van der Waals surface area contributed by atoms with Gasteiger partial charge in [0.2, 0.25) is 0 Å². The van der Waals surface area contributed by atoms with Gasteiger partial charge >= 0.3 is 0 Å². The Balaban J connectivity index is 0.000000185. The molecule has 2 amide bonds. The number of hydrogen-bond donors (Lipinski definition) is 4. The van der Waals surface area contributed by atoms with E-state index in [0.29, 0.717) is 22.2 Å². The number of pyridine rings is 1. The van der Waals surface area contributed by atoms with Gasteiger partial charge in [0.1, 0.15) is 5.69 Å². The van der Waals surface area contributed by atoms with Crippen LogP contribution in [0.4, 0.5) is 11.4 Å². The number of nitrogens with zero attached hydrogens (tertiary/aromatic N) is 1. The normalized spacial score (nSPS) is 17.3. The van der Waals surface area contributed by atoms with Crippen molar-refractivity contribution in [2.24, 2.45) is 5.92 Å². The molecule has 2 saturated heterocycles. The molecule has 2 fully saturated rings. The smallest absolute Gasteiger partial charge is 0.274 e. The van der Waals surface area contributed by atoms with E-state index >= 15 is 0 Å². The second-order valence-electron chi connectivity index (χ2n) is 12.5. The van der Waals surface area contributed by atoms with Gasteiger partial charge in [-0.15, -0.1) is 0 Å². The number of aryl methyl sites for hydroxylation is 2. The van der Waals surface area contributed by atoms with Crippen molar-refractivity contribution >= 4 is 34.8 Å². The molecule has 2 aliphatic heterocycles. The summed E-state index contributed by atoms with van der Waals surface area (Å²) in [5.41, 5.74) is 6.62. The van der Waals surface area contributed by atoms with Crippen molar-refractivity contribution < 1.29 is 9.59 Å². The monoisotopic (exact) mass is 651 g/mol. The Labute approximate surface area is 283 Å². The first-order valence-electron chi connectivity index (χ1n) is 16.9. The maximum atomic E-state index is 12.3. The molecule has 1 aromatic heterocycles. The van der Waals surface area contributed by atoms with Gasteiger partial charge in [-0.05, 0) is 135 Å². The molecule has 8 heteroatoms. The average molecular weight is 652 g/mol. The number of anilines is 2. The van der Waals surface area contributed by atoms with Crippen LogP contribution in [0.25, 0.3) is 0 Å². The van der Waals surface area contributed by atoms with E-state index in [1.165, 1.54) is 48.6 Å². The zero-order valence-electron chi connectivity index (χ0n) is 27.2. The Morgan fingerprint density at radius 1 is 0.766 bits per heavy atom. The first kappa shape index (κ1) is 34.3. The maximum Gasteiger partial charge on any atom is 0.274 e. The highest BCUT2D eigenvalue weighted by molar-refractivity contribution is 6.30. The molecule has 246 valence electrons. The lowest BCUT2D eigenvalue weighted by molar-refractivity contribution is 0.101. The zero-order valence-corrected chi connectivity index (χ0v) is 28.0. The third-order valence-electron chi connectivity index (χ3n) is 8.87. The molecule has 2 atom stereocenters. The van der Waals surface area contributed by atoms with Gasteiger partial charge in [-0.3, -0.25) is 9.59 Å². The summed E-state index contributed by atoms with van der Waals surface area (Å²) in [6.07, 6.45) is 9.69. The Morgan fingerprint density at radius 3 is 2.04 bits per heavy atom. The van der Waals surface area contributed by atoms with Crippen LogP contribution in [-0.4, -0.2) is 43.0 Å². The van der Waals surface area contributed by atoms with Gasteiger partial charge in [0.25, 0.3) is 11.8 Å². The molecule has 3 aromatic carbocycles. The quantitative estimate of drug-likeness (QED) is 0.140. The fraction of sp³-hybridized carbons (Fsp3) is 0.359. The topological polar surface area (TPSA) is 95.2 Å². The molecule has 0 aliphatic carbocycles. The molecule has 3 heterocycles. The highest BCUT2D eigenvalue weighted by atomic mass is 35.5. The van der Waals surface area contributed by atoms with Crippen molar-refractivity contribution in [3.63, 3.8) is 0 Å². The van der Waals surface area contributed by atoms with Gasteiger partial charge < -0.3 is 21.3 Å². The maximum absolute atomic E-state index is 12.3. The van der Waals surface area contributed by atoms with Crippen molar-refractivity contribution in [1.82, 2.24) is 15.6 Å². The van der Waals surface area contributed by atoms with Crippen LogP contribution in [0.1, 0.15) is 82.5 Å². The number of amides is 2. The number of rotatable bonds is 10. The summed E-state index contributed by atoms with van der Waals surface area (Å²) >= 11 is 5.77. The van der Waals surface area contributed by atoms with Gasteiger partial charge in [0.15, 0.2) is 0 Å². The van der Waals surface area contributed by atoms with Crippen LogP contribution >= 0.6 is 11.6 Å². The molecule has 0 bridgehead atoms. The fourth-order valence-corrected chi connectivity index (χ4v) is 6.19. The van der Waals surface area contributed by atoms with E-state index in [2.05, 4.69) is 57.4 Å². The van der Waals surface area contributed by atoms with Gasteiger partial charge in [-0.2, -0.15) is 0 Å². The summed E-state index contributed by atoms with van der Waals surface area (Å²) in [5, 5.41) is 13.2. The van der Waals surface area contributed by atoms with Crippen molar-refractivity contribution in [1.29, 1.82) is 0 Å². The van der Waals surface area contributed by atoms with Crippen LogP contribution in [0, 0.1) is 5.92 Å². The second-order valence-corrected chi connectivity index (χ2v) is 12.9. The first-order valence-corrected chi connectivity index (χ1v) is 17.3. The summed E-state index contributed by atoms with van der Waals surface area (Å²) in [4.78, 5) is 28.5. The van der Waals surface area contributed by atoms with E-state index < -0.39 is 0 Å². The van der Waals surface area contributed by atoms with Crippen LogP contribution in [0.2, 0.25) is 5.02 Å². The third-order valence-corrected chi connectivity index (χ3v) is 9.09. The Bertz CT molecular complexity index is 1550. The summed E-state index contributed by atoms with van der Waals surface area (Å²) in [5.74, 6) is 1.11. The van der Waals surface area contributed by atoms with Gasteiger partial charge in [0.05, 0.1) is 5.02 Å². The number of hydrogen-bond acceptors (Lipinski definition) is 5. The molecule has 4 aromatic rings. The summed E-state index contributed by atoms with van der Waals surface area (Å²) in [7, 11) is 0. The Hall–Kier alpha value is -4.04. The number of piperidine rings is 1. The lowest BCUT2D eigenvalue weighted by Gasteiger charge is -2.23. The molecule has 47 heavy (non-hydrogen) atoms. The summed E-state index contributed by atoms with van der Waals surface area (Å²) in [6, 6.07) is 27.5. The average Bonchev–Trinajstić information content (AvgIpc) is 3.64. The predicted molar refractivity (Wildman–Crippen MR) is 193 cm³/mol. The van der Waals surface area contributed by atoms with Gasteiger partial charge in [-0.1, -0.05) is 61.3 Å². The van der Waals surface area contributed by atoms with E-state index in [-0.39, 0.29) is 11.8 Å². The van der Waals surface area contributed by atoms with Crippen LogP contribution in [0.3, 0.4) is 0 Å². The van der Waals surface area contributed by atoms with Crippen LogP contribution in [0.15, 0.2) is 91.1 Å². The molecule has 7 nitrogen and oxygen atoms in total. The number of carbonyl (C=O) groups excluding carboxylic acids is 2. The molecule has 2 aliphatic rings. The molecular formula is C39H46ClN5O2. The number of halogens is 1. The largest absolute Gasteiger partial charge is 0.322 e. The molecular weight excluding hydrogens is 606 g/mol. The molecule has 0 saturated carbocycles. The minimum absolute atomic E-state index is 0.0508. The minimum atomic E-state index is -0.230. The number of carbonyl (C=O) groups is 2. The standard InChI is InChI=1S/C21H26N2O.C18H20ClN3O/c1-2-4-16-6-8-18(9-7-16)21(24)23-20-12-10-17(11-13-20)19-5-3-14-22-15-19;19-15-5-8-17(21-12-15)18(23)22-16-6-3-13(4-7-16)1-2-14-9-10-20-11-14/h6-13,19,22H,2-5,14-15H2,1H3,(H,23,24);3-8,12,14,20H,1-2,9-11H2,(H,22,23). The van der Waals surface area contributed by atoms with Crippen molar-refractivity contribution in [2.75, 3.05) is 36.8 Å². The van der Waals surface area contributed by atoms with Crippen molar-refractivity contribution in [3.8, 4) is 0 Å². The van der Waals surface area contributed by atoms with Crippen LogP contribution in [0.5, 0.6) is 0 Å². The van der Waals surface area contributed by atoms with Crippen molar-refractivity contribution in [3.05, 3.63) is 124 Å². The Kier molecular flexibility index (Phi) is 13.0. The highest BCUT2D eigenvalue weighted by Gasteiger charge is 2.16. The lowest BCUT2D eigenvalue weighted by Crippen LogP contribution is -2.28. The SMILES string of the molecule is CCCc1ccc(C(=O)Nc2ccc(C3CCCNC3)cc2)cc1.O=C(Nc1ccc(CCC2CCNC2)cc1)c1ccc(Cl)cn1. The van der Waals surface area contributed by atoms with Crippen LogP contribution in [-0.2, 0) is 12.8 Å². The first-order chi connectivity index (χ1) is 23.0. The van der Waals surface area contributed by atoms with E-state index in [9.17, 15) is 9.59 Å². The Morgan fingerprint density at radius 2 is 1.43 bits per heavy atom. The predicted octanol–water partition coefficient (Wildman–Crippen LogP) is 7.89. The summed E-state index contributed by atoms with van der Waals surface area (Å²) in [6.45, 7) is 6.63. The molecule has 0 radical (unpaired) electrons. The van der Waals surface area contributed by atoms with Crippen LogP contribution < -0.4 is 21.3 Å². The van der Waals surface area contributed by atoms with Crippen molar-refractivity contribution in [2.45, 2.75) is 57.8 Å². The van der Waals surface area contributed by atoms with E-state index in [4.69, 9.17) is 11.6 Å². The van der Waals surface area contributed by atoms with Gasteiger partial charge in [0, 0.05) is 29.7 Å². The number of benzene rings is 3. The highest BCUT2D eigenvalue weighted by Crippen LogP contribution is 2.25.